The monoisotopic (exact) mass is 186 g/mol. The number of nitrogens with one attached hydrogen (secondary N) is 1. The minimum absolute atomic E-state index is 0.0606. The van der Waals surface area contributed by atoms with E-state index < -0.39 is 5.60 Å². The van der Waals surface area contributed by atoms with Gasteiger partial charge in [-0.1, -0.05) is 13.8 Å². The zero-order valence-electron chi connectivity index (χ0n) is 8.71. The van der Waals surface area contributed by atoms with Gasteiger partial charge < -0.3 is 16.2 Å². The van der Waals surface area contributed by atoms with Gasteiger partial charge in [-0.2, -0.15) is 0 Å². The van der Waals surface area contributed by atoms with Crippen LogP contribution in [-0.4, -0.2) is 29.8 Å². The van der Waals surface area contributed by atoms with Gasteiger partial charge in [-0.15, -0.1) is 0 Å². The zero-order chi connectivity index (χ0) is 9.90. The van der Waals surface area contributed by atoms with Crippen LogP contribution in [0.5, 0.6) is 0 Å². The predicted molar refractivity (Wildman–Crippen MR) is 54.5 cm³/mol. The first kappa shape index (κ1) is 11.0. The van der Waals surface area contributed by atoms with Crippen LogP contribution in [0.1, 0.15) is 33.1 Å². The van der Waals surface area contributed by atoms with E-state index in [1.54, 1.807) is 0 Å². The molecule has 0 saturated carbocycles. The molecule has 1 atom stereocenters. The number of rotatable bonds is 3. The molecule has 0 radical (unpaired) electrons. The molecule has 3 heteroatoms. The highest BCUT2D eigenvalue weighted by atomic mass is 16.3. The largest absolute Gasteiger partial charge is 0.388 e. The van der Waals surface area contributed by atoms with Crippen LogP contribution in [-0.2, 0) is 0 Å². The van der Waals surface area contributed by atoms with Crippen LogP contribution in [0, 0.1) is 5.92 Å². The summed E-state index contributed by atoms with van der Waals surface area (Å²) in [4.78, 5) is 0. The van der Waals surface area contributed by atoms with E-state index in [4.69, 9.17) is 5.73 Å². The van der Waals surface area contributed by atoms with Crippen molar-refractivity contribution in [3.8, 4) is 0 Å². The Bertz CT molecular complexity index is 153. The van der Waals surface area contributed by atoms with E-state index in [2.05, 4.69) is 19.2 Å². The molecule has 3 nitrogen and oxygen atoms in total. The van der Waals surface area contributed by atoms with E-state index in [9.17, 15) is 5.11 Å². The van der Waals surface area contributed by atoms with Crippen LogP contribution in [0.25, 0.3) is 0 Å². The molecule has 1 heterocycles. The topological polar surface area (TPSA) is 58.3 Å². The Morgan fingerprint density at radius 2 is 1.92 bits per heavy atom. The van der Waals surface area contributed by atoms with Crippen molar-refractivity contribution in [2.24, 2.45) is 11.7 Å². The van der Waals surface area contributed by atoms with E-state index >= 15 is 0 Å². The Morgan fingerprint density at radius 1 is 1.38 bits per heavy atom. The van der Waals surface area contributed by atoms with Crippen LogP contribution in [0.15, 0.2) is 0 Å². The van der Waals surface area contributed by atoms with E-state index in [1.807, 2.05) is 0 Å². The standard InChI is InChI=1S/C10H22N2O/c1-8(2)7-9(11)10(13)3-5-12-6-4-10/h8-9,12-13H,3-7,11H2,1-2H3. The summed E-state index contributed by atoms with van der Waals surface area (Å²) < 4.78 is 0. The zero-order valence-corrected chi connectivity index (χ0v) is 8.71. The van der Waals surface area contributed by atoms with Crippen molar-refractivity contribution in [1.29, 1.82) is 0 Å². The Balaban J connectivity index is 2.46. The lowest BCUT2D eigenvalue weighted by Crippen LogP contribution is -2.54. The molecule has 0 aromatic carbocycles. The van der Waals surface area contributed by atoms with Gasteiger partial charge in [0.2, 0.25) is 0 Å². The average molecular weight is 186 g/mol. The minimum atomic E-state index is -0.616. The average Bonchev–Trinajstić information content (AvgIpc) is 2.04. The summed E-state index contributed by atoms with van der Waals surface area (Å²) in [6.07, 6.45) is 2.50. The van der Waals surface area contributed by atoms with Crippen molar-refractivity contribution in [3.05, 3.63) is 0 Å². The van der Waals surface area contributed by atoms with E-state index in [-0.39, 0.29) is 6.04 Å². The lowest BCUT2D eigenvalue weighted by molar-refractivity contribution is -0.0186. The van der Waals surface area contributed by atoms with Crippen molar-refractivity contribution < 1.29 is 5.11 Å². The summed E-state index contributed by atoms with van der Waals surface area (Å²) in [5.74, 6) is 0.564. The number of piperidine rings is 1. The molecule has 4 N–H and O–H groups in total. The maximum absolute atomic E-state index is 10.2. The number of hydrogen-bond donors (Lipinski definition) is 3. The molecular formula is C10H22N2O. The second kappa shape index (κ2) is 4.40. The molecule has 0 aromatic heterocycles. The van der Waals surface area contributed by atoms with Crippen molar-refractivity contribution in [2.45, 2.75) is 44.8 Å². The summed E-state index contributed by atoms with van der Waals surface area (Å²) in [7, 11) is 0. The Hall–Kier alpha value is -0.120. The maximum atomic E-state index is 10.2. The first-order valence-electron chi connectivity index (χ1n) is 5.23. The molecule has 0 aromatic rings. The first-order valence-corrected chi connectivity index (χ1v) is 5.23. The van der Waals surface area contributed by atoms with Crippen molar-refractivity contribution in [3.63, 3.8) is 0 Å². The molecule has 0 amide bonds. The lowest BCUT2D eigenvalue weighted by atomic mass is 9.82. The molecular weight excluding hydrogens is 164 g/mol. The summed E-state index contributed by atoms with van der Waals surface area (Å²) in [5.41, 5.74) is 5.39. The summed E-state index contributed by atoms with van der Waals surface area (Å²) in [6.45, 7) is 6.07. The highest BCUT2D eigenvalue weighted by molar-refractivity contribution is 4.93. The number of hydrogen-bond acceptors (Lipinski definition) is 3. The van der Waals surface area contributed by atoms with Crippen LogP contribution >= 0.6 is 0 Å². The van der Waals surface area contributed by atoms with Gasteiger partial charge in [-0.25, -0.2) is 0 Å². The van der Waals surface area contributed by atoms with Crippen molar-refractivity contribution in [1.82, 2.24) is 5.32 Å². The third-order valence-corrected chi connectivity index (χ3v) is 2.88. The highest BCUT2D eigenvalue weighted by Crippen LogP contribution is 2.24. The predicted octanol–water partition coefficient (Wildman–Crippen LogP) is 0.474. The Morgan fingerprint density at radius 3 is 2.38 bits per heavy atom. The van der Waals surface area contributed by atoms with Crippen molar-refractivity contribution >= 4 is 0 Å². The third kappa shape index (κ3) is 2.93. The molecule has 13 heavy (non-hydrogen) atoms. The molecule has 1 aliphatic rings. The van der Waals surface area contributed by atoms with E-state index in [0.717, 1.165) is 32.4 Å². The minimum Gasteiger partial charge on any atom is -0.388 e. The van der Waals surface area contributed by atoms with Gasteiger partial charge in [0, 0.05) is 6.04 Å². The molecule has 1 fully saturated rings. The molecule has 1 saturated heterocycles. The Kier molecular flexibility index (Phi) is 3.71. The Labute approximate surface area is 80.7 Å². The van der Waals surface area contributed by atoms with Crippen molar-refractivity contribution in [2.75, 3.05) is 13.1 Å². The SMILES string of the molecule is CC(C)CC(N)C1(O)CCNCC1. The first-order chi connectivity index (χ1) is 6.04. The fourth-order valence-electron chi connectivity index (χ4n) is 1.96. The van der Waals surface area contributed by atoms with Crippen LogP contribution < -0.4 is 11.1 Å². The molecule has 0 bridgehead atoms. The van der Waals surface area contributed by atoms with Gasteiger partial charge in [0.1, 0.15) is 0 Å². The van der Waals surface area contributed by atoms with Gasteiger partial charge in [0.15, 0.2) is 0 Å². The maximum Gasteiger partial charge on any atom is 0.0822 e. The molecule has 1 unspecified atom stereocenters. The highest BCUT2D eigenvalue weighted by Gasteiger charge is 2.35. The smallest absolute Gasteiger partial charge is 0.0822 e. The second-order valence-electron chi connectivity index (χ2n) is 4.59. The quantitative estimate of drug-likeness (QED) is 0.600. The molecule has 1 aliphatic heterocycles. The summed E-state index contributed by atoms with van der Waals surface area (Å²) >= 11 is 0. The van der Waals surface area contributed by atoms with Gasteiger partial charge in [0.25, 0.3) is 0 Å². The normalized spacial score (nSPS) is 24.7. The van der Waals surface area contributed by atoms with Gasteiger partial charge in [-0.3, -0.25) is 0 Å². The van der Waals surface area contributed by atoms with Crippen LogP contribution in [0.3, 0.4) is 0 Å². The van der Waals surface area contributed by atoms with E-state index in [1.165, 1.54) is 0 Å². The van der Waals surface area contributed by atoms with Crippen LogP contribution in [0.2, 0.25) is 0 Å². The second-order valence-corrected chi connectivity index (χ2v) is 4.59. The lowest BCUT2D eigenvalue weighted by Gasteiger charge is -2.38. The molecule has 78 valence electrons. The summed E-state index contributed by atoms with van der Waals surface area (Å²) in [5, 5.41) is 13.5. The summed E-state index contributed by atoms with van der Waals surface area (Å²) in [6, 6.07) is -0.0606. The number of aliphatic hydroxyl groups is 1. The van der Waals surface area contributed by atoms with Gasteiger partial charge >= 0.3 is 0 Å². The molecule has 0 spiro atoms. The van der Waals surface area contributed by atoms with E-state index in [0.29, 0.717) is 5.92 Å². The number of nitrogens with two attached hydrogens (primary N) is 1. The molecule has 0 aliphatic carbocycles. The van der Waals surface area contributed by atoms with Gasteiger partial charge in [0.05, 0.1) is 5.60 Å². The fraction of sp³-hybridized carbons (Fsp3) is 1.00. The van der Waals surface area contributed by atoms with Crippen LogP contribution in [0.4, 0.5) is 0 Å². The third-order valence-electron chi connectivity index (χ3n) is 2.88. The van der Waals surface area contributed by atoms with Gasteiger partial charge in [-0.05, 0) is 38.3 Å². The fourth-order valence-corrected chi connectivity index (χ4v) is 1.96. The molecule has 1 rings (SSSR count).